The lowest BCUT2D eigenvalue weighted by atomic mass is 9.97. The van der Waals surface area contributed by atoms with Crippen molar-refractivity contribution in [2.75, 3.05) is 0 Å². The van der Waals surface area contributed by atoms with Gasteiger partial charge in [0.2, 0.25) is 0 Å². The summed E-state index contributed by atoms with van der Waals surface area (Å²) >= 11 is 0. The second-order valence-corrected chi connectivity index (χ2v) is 12.8. The lowest BCUT2D eigenvalue weighted by molar-refractivity contribution is 0.668. The van der Waals surface area contributed by atoms with E-state index in [2.05, 4.69) is 60.7 Å². The number of hydrogen-bond acceptors (Lipinski definition) is 6. The van der Waals surface area contributed by atoms with Gasteiger partial charge in [0.05, 0.1) is 0 Å². The van der Waals surface area contributed by atoms with E-state index in [0.29, 0.717) is 17.5 Å². The van der Waals surface area contributed by atoms with E-state index in [0.717, 1.165) is 93.6 Å². The van der Waals surface area contributed by atoms with E-state index in [-0.39, 0.29) is 0 Å². The number of rotatable bonds is 4. The molecule has 4 aromatic heterocycles. The molecular formula is C45H25N3O3. The van der Waals surface area contributed by atoms with Crippen LogP contribution in [0.1, 0.15) is 0 Å². The highest BCUT2D eigenvalue weighted by atomic mass is 16.3. The number of nitrogens with zero attached hydrogens (tertiary/aromatic N) is 3. The fraction of sp³-hybridized carbons (Fsp3) is 0. The van der Waals surface area contributed by atoms with Crippen LogP contribution in [0.4, 0.5) is 0 Å². The normalized spacial score (nSPS) is 11.9. The standard InChI is InChI=1S/C45H25N3O3/c1-2-10-26(11-3-1)35-22-29(25-41-42(35)34-14-6-9-17-38(34)51-41)45-47-43(27-18-20-32-30-12-4-7-15-36(30)49-39(32)23-27)46-44(48-45)28-19-21-33-31-13-5-8-16-37(31)50-40(33)24-28/h1-25H. The van der Waals surface area contributed by atoms with Crippen molar-refractivity contribution in [2.45, 2.75) is 0 Å². The van der Waals surface area contributed by atoms with E-state index in [1.807, 2.05) is 91.0 Å². The number of aromatic nitrogens is 3. The summed E-state index contributed by atoms with van der Waals surface area (Å²) < 4.78 is 19.0. The number of benzene rings is 7. The van der Waals surface area contributed by atoms with E-state index >= 15 is 0 Å². The molecule has 6 nitrogen and oxygen atoms in total. The maximum Gasteiger partial charge on any atom is 0.164 e. The van der Waals surface area contributed by atoms with Gasteiger partial charge in [-0.25, -0.2) is 15.0 Å². The molecule has 0 aliphatic rings. The first-order valence-corrected chi connectivity index (χ1v) is 16.8. The first-order chi connectivity index (χ1) is 25.2. The molecule has 0 spiro atoms. The Kier molecular flexibility index (Phi) is 5.86. The molecule has 11 rings (SSSR count). The Morgan fingerprint density at radius 1 is 0.294 bits per heavy atom. The minimum absolute atomic E-state index is 0.531. The highest BCUT2D eigenvalue weighted by molar-refractivity contribution is 6.13. The van der Waals surface area contributed by atoms with Crippen molar-refractivity contribution in [1.82, 2.24) is 15.0 Å². The van der Waals surface area contributed by atoms with Crippen LogP contribution >= 0.6 is 0 Å². The summed E-state index contributed by atoms with van der Waals surface area (Å²) in [6, 6.07) is 51.1. The van der Waals surface area contributed by atoms with Crippen molar-refractivity contribution in [3.8, 4) is 45.3 Å². The van der Waals surface area contributed by atoms with Crippen LogP contribution in [0.25, 0.3) is 111 Å². The van der Waals surface area contributed by atoms with Crippen molar-refractivity contribution in [2.24, 2.45) is 0 Å². The molecule has 0 saturated heterocycles. The first-order valence-electron chi connectivity index (χ1n) is 16.8. The third kappa shape index (κ3) is 4.40. The molecule has 11 aromatic rings. The summed E-state index contributed by atoms with van der Waals surface area (Å²) in [7, 11) is 0. The molecule has 7 aromatic carbocycles. The van der Waals surface area contributed by atoms with Gasteiger partial charge in [0, 0.05) is 49.0 Å². The van der Waals surface area contributed by atoms with Crippen molar-refractivity contribution in [1.29, 1.82) is 0 Å². The smallest absolute Gasteiger partial charge is 0.164 e. The molecule has 0 N–H and O–H groups in total. The van der Waals surface area contributed by atoms with Gasteiger partial charge in [-0.1, -0.05) is 97.1 Å². The Labute approximate surface area is 290 Å². The lowest BCUT2D eigenvalue weighted by Crippen LogP contribution is -2.00. The summed E-state index contributed by atoms with van der Waals surface area (Å²) in [4.78, 5) is 15.3. The van der Waals surface area contributed by atoms with Gasteiger partial charge in [-0.2, -0.15) is 0 Å². The van der Waals surface area contributed by atoms with Crippen molar-refractivity contribution < 1.29 is 13.3 Å². The Morgan fingerprint density at radius 2 is 0.725 bits per heavy atom. The number of para-hydroxylation sites is 3. The quantitative estimate of drug-likeness (QED) is 0.188. The van der Waals surface area contributed by atoms with Crippen LogP contribution in [0.3, 0.4) is 0 Å². The van der Waals surface area contributed by atoms with Crippen molar-refractivity contribution in [3.63, 3.8) is 0 Å². The average Bonchev–Trinajstić information content (AvgIpc) is 3.88. The summed E-state index contributed by atoms with van der Waals surface area (Å²) in [5.74, 6) is 1.60. The Morgan fingerprint density at radius 3 is 1.31 bits per heavy atom. The van der Waals surface area contributed by atoms with Gasteiger partial charge in [0.1, 0.15) is 33.5 Å². The van der Waals surface area contributed by atoms with Gasteiger partial charge < -0.3 is 13.3 Å². The molecule has 0 fully saturated rings. The van der Waals surface area contributed by atoms with Crippen molar-refractivity contribution in [3.05, 3.63) is 152 Å². The number of fused-ring (bicyclic) bond motifs is 9. The number of furan rings is 3. The predicted octanol–water partition coefficient (Wildman–Crippen LogP) is 12.2. The third-order valence-electron chi connectivity index (χ3n) is 9.73. The Balaban J connectivity index is 1.16. The average molecular weight is 656 g/mol. The summed E-state index contributed by atoms with van der Waals surface area (Å²) in [5, 5.41) is 6.35. The van der Waals surface area contributed by atoms with Crippen LogP contribution in [0.5, 0.6) is 0 Å². The minimum atomic E-state index is 0.531. The maximum absolute atomic E-state index is 6.46. The molecule has 4 heterocycles. The molecule has 0 saturated carbocycles. The van der Waals surface area contributed by atoms with Gasteiger partial charge in [0.25, 0.3) is 0 Å². The maximum atomic E-state index is 6.46. The largest absolute Gasteiger partial charge is 0.456 e. The van der Waals surface area contributed by atoms with E-state index in [4.69, 9.17) is 28.2 Å². The molecule has 0 amide bonds. The van der Waals surface area contributed by atoms with Crippen LogP contribution in [0.15, 0.2) is 165 Å². The van der Waals surface area contributed by atoms with E-state index in [1.165, 1.54) is 0 Å². The van der Waals surface area contributed by atoms with Crippen LogP contribution in [-0.2, 0) is 0 Å². The van der Waals surface area contributed by atoms with Gasteiger partial charge in [-0.3, -0.25) is 0 Å². The molecule has 0 aliphatic carbocycles. The molecular weight excluding hydrogens is 631 g/mol. The van der Waals surface area contributed by atoms with Gasteiger partial charge in [-0.05, 0) is 65.7 Å². The summed E-state index contributed by atoms with van der Waals surface area (Å²) in [6.07, 6.45) is 0. The molecule has 0 aliphatic heterocycles. The zero-order chi connectivity index (χ0) is 33.5. The third-order valence-corrected chi connectivity index (χ3v) is 9.73. The van der Waals surface area contributed by atoms with E-state index in [9.17, 15) is 0 Å². The molecule has 51 heavy (non-hydrogen) atoms. The predicted molar refractivity (Wildman–Crippen MR) is 203 cm³/mol. The molecule has 0 radical (unpaired) electrons. The van der Waals surface area contributed by atoms with Crippen LogP contribution < -0.4 is 0 Å². The second kappa shape index (κ2) is 10.7. The summed E-state index contributed by atoms with van der Waals surface area (Å²) in [6.45, 7) is 0. The fourth-order valence-electron chi connectivity index (χ4n) is 7.32. The lowest BCUT2D eigenvalue weighted by Gasteiger charge is -2.11. The minimum Gasteiger partial charge on any atom is -0.456 e. The molecule has 0 unspecified atom stereocenters. The van der Waals surface area contributed by atoms with Gasteiger partial charge >= 0.3 is 0 Å². The second-order valence-electron chi connectivity index (χ2n) is 12.8. The Bertz CT molecular complexity index is 3020. The highest BCUT2D eigenvalue weighted by Gasteiger charge is 2.20. The molecule has 0 atom stereocenters. The SMILES string of the molecule is c1ccc(-c2cc(-c3nc(-c4ccc5c(c4)oc4ccccc45)nc(-c4ccc5c(c4)oc4ccccc45)n3)cc3oc4ccccc4c23)cc1. The topological polar surface area (TPSA) is 78.1 Å². The monoisotopic (exact) mass is 655 g/mol. The zero-order valence-corrected chi connectivity index (χ0v) is 27.0. The van der Waals surface area contributed by atoms with Crippen LogP contribution in [0, 0.1) is 0 Å². The number of hydrogen-bond donors (Lipinski definition) is 0. The first kappa shape index (κ1) is 27.9. The molecule has 238 valence electrons. The van der Waals surface area contributed by atoms with Crippen LogP contribution in [-0.4, -0.2) is 15.0 Å². The molecule has 6 heteroatoms. The summed E-state index contributed by atoms with van der Waals surface area (Å²) in [5.41, 5.74) is 9.42. The Hall–Kier alpha value is -7.05. The van der Waals surface area contributed by atoms with Gasteiger partial charge in [0.15, 0.2) is 17.5 Å². The van der Waals surface area contributed by atoms with E-state index < -0.39 is 0 Å². The van der Waals surface area contributed by atoms with Gasteiger partial charge in [-0.15, -0.1) is 0 Å². The highest BCUT2D eigenvalue weighted by Crippen LogP contribution is 2.40. The van der Waals surface area contributed by atoms with E-state index in [1.54, 1.807) is 0 Å². The van der Waals surface area contributed by atoms with Crippen LogP contribution in [0.2, 0.25) is 0 Å². The van der Waals surface area contributed by atoms with Crippen molar-refractivity contribution >= 4 is 65.8 Å². The zero-order valence-electron chi connectivity index (χ0n) is 27.0. The fourth-order valence-corrected chi connectivity index (χ4v) is 7.32. The molecule has 0 bridgehead atoms.